The van der Waals surface area contributed by atoms with E-state index in [2.05, 4.69) is 5.32 Å². The van der Waals surface area contributed by atoms with Gasteiger partial charge in [-0.2, -0.15) is 0 Å². The number of carbonyl (C=O) groups is 3. The van der Waals surface area contributed by atoms with E-state index in [4.69, 9.17) is 48.7 Å². The fraction of sp³-hybridized carbons (Fsp3) is 0.786. The predicted octanol–water partition coefficient (Wildman–Crippen LogP) is -12.9. The minimum Gasteiger partial charge on any atom is -0.550 e. The normalized spacial score (nSPS) is 8.38. The van der Waals surface area contributed by atoms with Gasteiger partial charge < -0.3 is 54.0 Å². The summed E-state index contributed by atoms with van der Waals surface area (Å²) in [6, 6.07) is 0.827. The molecule has 15 heteroatoms. The van der Waals surface area contributed by atoms with E-state index in [1.165, 1.54) is 0 Å². The predicted molar refractivity (Wildman–Crippen MR) is 90.2 cm³/mol. The van der Waals surface area contributed by atoms with Gasteiger partial charge in [0.2, 0.25) is 0 Å². The molecular weight excluding hydrogens is 486 g/mol. The molecule has 0 aliphatic rings. The molecule has 0 saturated heterocycles. The summed E-state index contributed by atoms with van der Waals surface area (Å²) in [5.74, 6) is -3.25. The summed E-state index contributed by atoms with van der Waals surface area (Å²) in [6.45, 7) is 5.35. The number of rotatable bonds is 9. The average molecular weight is 517 g/mol. The molecule has 0 fully saturated rings. The van der Waals surface area contributed by atoms with E-state index >= 15 is 0 Å². The SMILES string of the molecule is CC(=O)[O-].CC(=O)[O-].CC(=O)[O-].CO[Si](CCCNCCN)(OC)OC.[K+].[K+].[K+]. The second-order valence-corrected chi connectivity index (χ2v) is 7.50. The van der Waals surface area contributed by atoms with Crippen LogP contribution in [0, 0.1) is 0 Å². The summed E-state index contributed by atoms with van der Waals surface area (Å²) in [4.78, 5) is 26.7. The number of nitrogens with two attached hydrogens (primary N) is 1. The largest absolute Gasteiger partial charge is 1.00 e. The molecule has 0 unspecified atom stereocenters. The molecule has 11 nitrogen and oxygen atoms in total. The molecular formula is C14H31K3N2O9Si. The van der Waals surface area contributed by atoms with Crippen LogP contribution in [0.25, 0.3) is 0 Å². The van der Waals surface area contributed by atoms with Crippen molar-refractivity contribution in [2.45, 2.75) is 33.2 Å². The third-order valence-electron chi connectivity index (χ3n) is 2.09. The van der Waals surface area contributed by atoms with Crippen LogP contribution in [0.1, 0.15) is 27.2 Å². The van der Waals surface area contributed by atoms with Gasteiger partial charge in [0.1, 0.15) is 0 Å². The van der Waals surface area contributed by atoms with E-state index in [9.17, 15) is 0 Å². The number of aliphatic carboxylic acids is 3. The monoisotopic (exact) mass is 516 g/mol. The maximum atomic E-state index is 8.89. The average Bonchev–Trinajstić information content (AvgIpc) is 2.50. The Morgan fingerprint density at radius 3 is 1.28 bits per heavy atom. The van der Waals surface area contributed by atoms with Crippen LogP contribution in [-0.4, -0.2) is 67.7 Å². The molecule has 0 amide bonds. The van der Waals surface area contributed by atoms with Crippen LogP contribution < -0.4 is 181 Å². The van der Waals surface area contributed by atoms with E-state index in [0.717, 1.165) is 46.3 Å². The maximum absolute atomic E-state index is 8.89. The van der Waals surface area contributed by atoms with Gasteiger partial charge >= 0.3 is 163 Å². The fourth-order valence-corrected chi connectivity index (χ4v) is 2.94. The van der Waals surface area contributed by atoms with Crippen molar-refractivity contribution in [3.63, 3.8) is 0 Å². The Morgan fingerprint density at radius 2 is 1.07 bits per heavy atom. The van der Waals surface area contributed by atoms with Crippen molar-refractivity contribution in [2.75, 3.05) is 41.0 Å². The Bertz CT molecular complexity index is 318. The second kappa shape index (κ2) is 38.6. The van der Waals surface area contributed by atoms with Gasteiger partial charge in [0.15, 0.2) is 0 Å². The molecule has 0 heterocycles. The first kappa shape index (κ1) is 49.5. The van der Waals surface area contributed by atoms with Gasteiger partial charge in [-0.3, -0.25) is 0 Å². The van der Waals surface area contributed by atoms with Crippen LogP contribution in [-0.2, 0) is 27.7 Å². The summed E-state index contributed by atoms with van der Waals surface area (Å²) < 4.78 is 15.9. The Labute approximate surface area is 302 Å². The smallest absolute Gasteiger partial charge is 0.550 e. The molecule has 0 saturated carbocycles. The van der Waals surface area contributed by atoms with E-state index in [1.807, 2.05) is 0 Å². The summed E-state index contributed by atoms with van der Waals surface area (Å²) in [6.07, 6.45) is 0.974. The molecule has 0 rings (SSSR count). The Balaban J connectivity index is -0.0000000540. The van der Waals surface area contributed by atoms with Crippen LogP contribution in [0.5, 0.6) is 0 Å². The minimum atomic E-state index is -2.35. The summed E-state index contributed by atoms with van der Waals surface area (Å²) in [5.41, 5.74) is 5.35. The number of hydrogen-bond acceptors (Lipinski definition) is 11. The van der Waals surface area contributed by atoms with Crippen molar-refractivity contribution in [2.24, 2.45) is 5.73 Å². The van der Waals surface area contributed by atoms with Crippen molar-refractivity contribution in [1.29, 1.82) is 0 Å². The van der Waals surface area contributed by atoms with Gasteiger partial charge in [-0.25, -0.2) is 0 Å². The van der Waals surface area contributed by atoms with Crippen molar-refractivity contribution >= 4 is 26.7 Å². The van der Waals surface area contributed by atoms with Crippen LogP contribution >= 0.6 is 0 Å². The van der Waals surface area contributed by atoms with Gasteiger partial charge in [0.05, 0.1) is 0 Å². The molecule has 0 spiro atoms. The Morgan fingerprint density at radius 1 is 0.793 bits per heavy atom. The molecule has 0 atom stereocenters. The van der Waals surface area contributed by atoms with Crippen LogP contribution in [0.15, 0.2) is 0 Å². The topological polar surface area (TPSA) is 186 Å². The number of carboxylic acid groups (broad SMARTS) is 3. The third-order valence-corrected chi connectivity index (χ3v) is 4.92. The fourth-order valence-electron chi connectivity index (χ4n) is 1.21. The van der Waals surface area contributed by atoms with Crippen molar-refractivity contribution in [3.8, 4) is 0 Å². The van der Waals surface area contributed by atoms with E-state index in [-0.39, 0.29) is 154 Å². The van der Waals surface area contributed by atoms with Crippen molar-refractivity contribution < 1.29 is 197 Å². The number of nitrogens with one attached hydrogen (secondary N) is 1. The number of hydrogen-bond donors (Lipinski definition) is 2. The van der Waals surface area contributed by atoms with E-state index < -0.39 is 26.7 Å². The first-order valence-electron chi connectivity index (χ1n) is 7.53. The first-order valence-corrected chi connectivity index (χ1v) is 9.46. The van der Waals surface area contributed by atoms with Crippen molar-refractivity contribution in [1.82, 2.24) is 5.32 Å². The van der Waals surface area contributed by atoms with Crippen LogP contribution in [0.2, 0.25) is 6.04 Å². The molecule has 0 aliphatic carbocycles. The zero-order chi connectivity index (χ0) is 21.6. The molecule has 3 N–H and O–H groups in total. The zero-order valence-electron chi connectivity index (χ0n) is 19.3. The second-order valence-electron chi connectivity index (χ2n) is 4.41. The molecule has 158 valence electrons. The van der Waals surface area contributed by atoms with Crippen LogP contribution in [0.3, 0.4) is 0 Å². The molecule has 0 aliphatic heterocycles. The Kier molecular flexibility index (Phi) is 65.8. The number of carbonyl (C=O) groups excluding carboxylic acids is 3. The molecule has 0 bridgehead atoms. The quantitative estimate of drug-likeness (QED) is 0.219. The number of carboxylic acids is 3. The minimum absolute atomic E-state index is 0. The van der Waals surface area contributed by atoms with Crippen LogP contribution in [0.4, 0.5) is 0 Å². The van der Waals surface area contributed by atoms with E-state index in [1.54, 1.807) is 21.3 Å². The van der Waals surface area contributed by atoms with Gasteiger partial charge in [-0.15, -0.1) is 0 Å². The first-order chi connectivity index (χ1) is 11.9. The van der Waals surface area contributed by atoms with E-state index in [0.29, 0.717) is 6.54 Å². The third kappa shape index (κ3) is 65.2. The standard InChI is InChI=1S/C8H22N2O3Si.3C2H4O2.3K/c1-11-14(12-2,13-3)8-4-6-10-7-5-9;3*1-2(3)4;;;/h10H,4-9H2,1-3H3;3*1H3,(H,3,4);;;/q;;;;3*+1/p-3. The van der Waals surface area contributed by atoms with Crippen molar-refractivity contribution in [3.05, 3.63) is 0 Å². The molecule has 0 aromatic carbocycles. The zero-order valence-corrected chi connectivity index (χ0v) is 29.7. The van der Waals surface area contributed by atoms with Gasteiger partial charge in [-0.1, -0.05) is 0 Å². The maximum Gasteiger partial charge on any atom is 1.00 e. The Hall–Kier alpha value is 3.34. The van der Waals surface area contributed by atoms with Gasteiger partial charge in [0.25, 0.3) is 0 Å². The molecule has 0 aromatic rings. The van der Waals surface area contributed by atoms with Gasteiger partial charge in [0, 0.05) is 58.4 Å². The molecule has 0 radical (unpaired) electrons. The van der Waals surface area contributed by atoms with Gasteiger partial charge in [-0.05, 0) is 33.7 Å². The molecule has 0 aromatic heterocycles. The summed E-state index contributed by atoms with van der Waals surface area (Å²) in [7, 11) is 2.55. The summed E-state index contributed by atoms with van der Waals surface area (Å²) >= 11 is 0. The summed E-state index contributed by atoms with van der Waals surface area (Å²) in [5, 5.41) is 29.9. The molecule has 29 heavy (non-hydrogen) atoms.